The number of nitrogens with zero attached hydrogens (tertiary/aromatic N) is 1. The highest BCUT2D eigenvalue weighted by molar-refractivity contribution is 5.68. The maximum Gasteiger partial charge on any atom is 0.304 e. The van der Waals surface area contributed by atoms with Gasteiger partial charge in [0, 0.05) is 30.4 Å². The van der Waals surface area contributed by atoms with Crippen LogP contribution in [0.4, 0.5) is 0 Å². The first-order chi connectivity index (χ1) is 7.17. The fourth-order valence-electron chi connectivity index (χ4n) is 1.30. The second kappa shape index (κ2) is 5.31. The molecular weight excluding hydrogens is 196 g/mol. The van der Waals surface area contributed by atoms with Crippen molar-refractivity contribution in [2.75, 3.05) is 13.7 Å². The van der Waals surface area contributed by atoms with Crippen molar-refractivity contribution in [2.24, 2.45) is 5.73 Å². The lowest BCUT2D eigenvalue weighted by Crippen LogP contribution is -2.17. The molecule has 1 heterocycles. The first-order valence-electron chi connectivity index (χ1n) is 4.59. The monoisotopic (exact) mass is 210 g/mol. The standard InChI is InChI=1S/C10H14N2O3/c1-15-8-2-3-12-9(5-8)7(6-11)4-10(13)14/h2-3,5,7H,4,6,11H2,1H3,(H,13,14). The third-order valence-electron chi connectivity index (χ3n) is 2.11. The number of methoxy groups -OCH3 is 1. The van der Waals surface area contributed by atoms with Crippen molar-refractivity contribution in [3.63, 3.8) is 0 Å². The van der Waals surface area contributed by atoms with E-state index in [0.717, 1.165) is 0 Å². The molecule has 0 radical (unpaired) electrons. The number of carboxylic acid groups (broad SMARTS) is 1. The molecule has 1 rings (SSSR count). The van der Waals surface area contributed by atoms with Crippen LogP contribution in [-0.2, 0) is 4.79 Å². The van der Waals surface area contributed by atoms with Gasteiger partial charge in [-0.25, -0.2) is 0 Å². The van der Waals surface area contributed by atoms with Crippen LogP contribution in [0.2, 0.25) is 0 Å². The minimum absolute atomic E-state index is 0.0172. The Morgan fingerprint density at radius 1 is 1.73 bits per heavy atom. The van der Waals surface area contributed by atoms with E-state index in [-0.39, 0.29) is 18.9 Å². The average Bonchev–Trinajstić information content (AvgIpc) is 2.25. The summed E-state index contributed by atoms with van der Waals surface area (Å²) in [4.78, 5) is 14.7. The number of nitrogens with two attached hydrogens (primary N) is 1. The van der Waals surface area contributed by atoms with Crippen molar-refractivity contribution in [2.45, 2.75) is 12.3 Å². The molecule has 82 valence electrons. The Kier molecular flexibility index (Phi) is 4.05. The van der Waals surface area contributed by atoms with Crippen LogP contribution < -0.4 is 10.5 Å². The molecule has 1 atom stereocenters. The number of aliphatic carboxylic acids is 1. The van der Waals surface area contributed by atoms with Crippen LogP contribution in [0.15, 0.2) is 18.3 Å². The highest BCUT2D eigenvalue weighted by atomic mass is 16.5. The summed E-state index contributed by atoms with van der Waals surface area (Å²) < 4.78 is 5.03. The van der Waals surface area contributed by atoms with Crippen LogP contribution in [0, 0.1) is 0 Å². The summed E-state index contributed by atoms with van der Waals surface area (Å²) in [6, 6.07) is 3.41. The zero-order chi connectivity index (χ0) is 11.3. The van der Waals surface area contributed by atoms with Gasteiger partial charge >= 0.3 is 5.97 Å². The summed E-state index contributed by atoms with van der Waals surface area (Å²) in [5.41, 5.74) is 6.15. The Morgan fingerprint density at radius 3 is 3.00 bits per heavy atom. The Morgan fingerprint density at radius 2 is 2.47 bits per heavy atom. The van der Waals surface area contributed by atoms with Gasteiger partial charge < -0.3 is 15.6 Å². The van der Waals surface area contributed by atoms with Crippen molar-refractivity contribution in [1.82, 2.24) is 4.98 Å². The smallest absolute Gasteiger partial charge is 0.304 e. The average molecular weight is 210 g/mol. The second-order valence-corrected chi connectivity index (χ2v) is 3.15. The van der Waals surface area contributed by atoms with Gasteiger partial charge in [-0.05, 0) is 6.07 Å². The lowest BCUT2D eigenvalue weighted by atomic mass is 10.0. The van der Waals surface area contributed by atoms with Gasteiger partial charge in [-0.1, -0.05) is 0 Å². The first-order valence-corrected chi connectivity index (χ1v) is 4.59. The van der Waals surface area contributed by atoms with Crippen LogP contribution >= 0.6 is 0 Å². The van der Waals surface area contributed by atoms with E-state index in [4.69, 9.17) is 15.6 Å². The zero-order valence-electron chi connectivity index (χ0n) is 8.51. The first kappa shape index (κ1) is 11.5. The number of aromatic nitrogens is 1. The maximum atomic E-state index is 10.6. The number of hydrogen-bond donors (Lipinski definition) is 2. The predicted octanol–water partition coefficient (Wildman–Crippen LogP) is 0.607. The van der Waals surface area contributed by atoms with Crippen LogP contribution in [-0.4, -0.2) is 29.7 Å². The Bertz CT molecular complexity index is 341. The molecule has 0 aromatic carbocycles. The number of rotatable bonds is 5. The van der Waals surface area contributed by atoms with E-state index < -0.39 is 5.97 Å². The predicted molar refractivity (Wildman–Crippen MR) is 54.8 cm³/mol. The zero-order valence-corrected chi connectivity index (χ0v) is 8.51. The normalized spacial score (nSPS) is 12.1. The van der Waals surface area contributed by atoms with Crippen LogP contribution in [0.1, 0.15) is 18.0 Å². The minimum Gasteiger partial charge on any atom is -0.497 e. The van der Waals surface area contributed by atoms with E-state index in [2.05, 4.69) is 4.98 Å². The lowest BCUT2D eigenvalue weighted by Gasteiger charge is -2.12. The summed E-state index contributed by atoms with van der Waals surface area (Å²) in [7, 11) is 1.55. The summed E-state index contributed by atoms with van der Waals surface area (Å²) in [5.74, 6) is -0.489. The van der Waals surface area contributed by atoms with Crippen molar-refractivity contribution < 1.29 is 14.6 Å². The number of hydrogen-bond acceptors (Lipinski definition) is 4. The summed E-state index contributed by atoms with van der Waals surface area (Å²) >= 11 is 0. The molecule has 0 aliphatic heterocycles. The quantitative estimate of drug-likeness (QED) is 0.743. The SMILES string of the molecule is COc1ccnc(C(CN)CC(=O)O)c1. The second-order valence-electron chi connectivity index (χ2n) is 3.15. The van der Waals surface area contributed by atoms with E-state index in [0.29, 0.717) is 11.4 Å². The largest absolute Gasteiger partial charge is 0.497 e. The van der Waals surface area contributed by atoms with Crippen molar-refractivity contribution in [3.8, 4) is 5.75 Å². The molecule has 5 nitrogen and oxygen atoms in total. The van der Waals surface area contributed by atoms with Gasteiger partial charge in [0.25, 0.3) is 0 Å². The van der Waals surface area contributed by atoms with Gasteiger partial charge in [0.15, 0.2) is 0 Å². The van der Waals surface area contributed by atoms with E-state index in [1.165, 1.54) is 0 Å². The van der Waals surface area contributed by atoms with Gasteiger partial charge in [-0.3, -0.25) is 9.78 Å². The Balaban J connectivity index is 2.85. The molecule has 0 saturated carbocycles. The fourth-order valence-corrected chi connectivity index (χ4v) is 1.30. The minimum atomic E-state index is -0.880. The molecule has 0 saturated heterocycles. The van der Waals surface area contributed by atoms with Crippen molar-refractivity contribution in [1.29, 1.82) is 0 Å². The highest BCUT2D eigenvalue weighted by Crippen LogP contribution is 2.20. The highest BCUT2D eigenvalue weighted by Gasteiger charge is 2.15. The van der Waals surface area contributed by atoms with Crippen molar-refractivity contribution >= 4 is 5.97 Å². The molecule has 1 aromatic heterocycles. The fraction of sp³-hybridized carbons (Fsp3) is 0.400. The summed E-state index contributed by atoms with van der Waals surface area (Å²) in [6.45, 7) is 0.256. The van der Waals surface area contributed by atoms with Gasteiger partial charge in [-0.2, -0.15) is 0 Å². The Labute approximate surface area is 87.9 Å². The number of pyridine rings is 1. The number of carboxylic acids is 1. The molecule has 1 unspecified atom stereocenters. The van der Waals surface area contributed by atoms with Gasteiger partial charge in [-0.15, -0.1) is 0 Å². The van der Waals surface area contributed by atoms with Gasteiger partial charge in [0.2, 0.25) is 0 Å². The summed E-state index contributed by atoms with van der Waals surface area (Å²) in [5, 5.41) is 8.69. The molecule has 3 N–H and O–H groups in total. The molecule has 5 heteroatoms. The lowest BCUT2D eigenvalue weighted by molar-refractivity contribution is -0.137. The third-order valence-corrected chi connectivity index (χ3v) is 2.11. The van der Waals surface area contributed by atoms with E-state index >= 15 is 0 Å². The van der Waals surface area contributed by atoms with E-state index in [1.807, 2.05) is 0 Å². The van der Waals surface area contributed by atoms with Crippen LogP contribution in [0.25, 0.3) is 0 Å². The topological polar surface area (TPSA) is 85.4 Å². The van der Waals surface area contributed by atoms with E-state index in [9.17, 15) is 4.79 Å². The molecule has 0 bridgehead atoms. The van der Waals surface area contributed by atoms with Crippen molar-refractivity contribution in [3.05, 3.63) is 24.0 Å². The van der Waals surface area contributed by atoms with Crippen LogP contribution in [0.5, 0.6) is 5.75 Å². The van der Waals surface area contributed by atoms with Gasteiger partial charge in [0.05, 0.1) is 13.5 Å². The van der Waals surface area contributed by atoms with Gasteiger partial charge in [0.1, 0.15) is 5.75 Å². The molecule has 0 spiro atoms. The maximum absolute atomic E-state index is 10.6. The Hall–Kier alpha value is -1.62. The molecule has 0 amide bonds. The summed E-state index contributed by atoms with van der Waals surface area (Å²) in [6.07, 6.45) is 1.56. The molecule has 0 aliphatic rings. The van der Waals surface area contributed by atoms with E-state index in [1.54, 1.807) is 25.4 Å². The number of ether oxygens (including phenoxy) is 1. The molecule has 1 aromatic rings. The molecular formula is C10H14N2O3. The number of carbonyl (C=O) groups is 1. The van der Waals surface area contributed by atoms with Crippen LogP contribution in [0.3, 0.4) is 0 Å². The molecule has 15 heavy (non-hydrogen) atoms. The third kappa shape index (κ3) is 3.21. The molecule has 0 aliphatic carbocycles. The molecule has 0 fully saturated rings.